The molecule has 1 aliphatic rings. The van der Waals surface area contributed by atoms with Crippen LogP contribution >= 0.6 is 0 Å². The lowest BCUT2D eigenvalue weighted by Gasteiger charge is -2.16. The van der Waals surface area contributed by atoms with Crippen LogP contribution in [-0.2, 0) is 16.2 Å². The van der Waals surface area contributed by atoms with E-state index in [1.165, 1.54) is 24.3 Å². The van der Waals surface area contributed by atoms with Crippen LogP contribution < -0.4 is 24.8 Å². The van der Waals surface area contributed by atoms with Crippen LogP contribution in [-0.4, -0.2) is 23.9 Å². The van der Waals surface area contributed by atoms with Crippen molar-refractivity contribution in [2.45, 2.75) is 19.4 Å². The van der Waals surface area contributed by atoms with Crippen molar-refractivity contribution in [2.24, 2.45) is 5.41 Å². The molecule has 2 amide bonds. The molecule has 43 heavy (non-hydrogen) atoms. The minimum atomic E-state index is -1.15. The van der Waals surface area contributed by atoms with Crippen molar-refractivity contribution in [2.75, 3.05) is 17.7 Å². The summed E-state index contributed by atoms with van der Waals surface area (Å²) < 4.78 is 31.0. The average Bonchev–Trinajstić information content (AvgIpc) is 3.85. The SMILES string of the molecule is COc1cc2c(Oc3ccc(NC(=O)C4(C(=O)Nc5ccc(F)cc5)CC4)cc3)ccnc2cc1OCc1ccccc1. The van der Waals surface area contributed by atoms with Crippen LogP contribution in [0.2, 0.25) is 0 Å². The summed E-state index contributed by atoms with van der Waals surface area (Å²) >= 11 is 0. The summed E-state index contributed by atoms with van der Waals surface area (Å²) in [5, 5.41) is 6.28. The standard InChI is InChI=1S/C34H28FN3O5/c1-41-30-19-27-28(20-31(30)42-21-22-5-3-2-4-6-22)36-18-15-29(27)43-26-13-11-25(12-14-26)38-33(40)34(16-17-34)32(39)37-24-9-7-23(35)8-10-24/h2-15,18-20H,16-17,21H2,1H3,(H,37,39)(H,38,40). The third-order valence-corrected chi connectivity index (χ3v) is 7.29. The molecule has 2 N–H and O–H groups in total. The zero-order chi connectivity index (χ0) is 29.8. The highest BCUT2D eigenvalue weighted by atomic mass is 19.1. The Bertz CT molecular complexity index is 1770. The first-order valence-corrected chi connectivity index (χ1v) is 13.7. The van der Waals surface area contributed by atoms with Crippen molar-refractivity contribution in [3.63, 3.8) is 0 Å². The highest BCUT2D eigenvalue weighted by Gasteiger charge is 2.56. The number of ether oxygens (including phenoxy) is 3. The number of rotatable bonds is 10. The largest absolute Gasteiger partial charge is 0.493 e. The molecule has 0 saturated heterocycles. The third-order valence-electron chi connectivity index (χ3n) is 7.29. The highest BCUT2D eigenvalue weighted by molar-refractivity contribution is 6.16. The molecule has 0 bridgehead atoms. The molecule has 1 heterocycles. The van der Waals surface area contributed by atoms with E-state index in [9.17, 15) is 14.0 Å². The van der Waals surface area contributed by atoms with E-state index < -0.39 is 23.0 Å². The molecule has 1 fully saturated rings. The number of halogens is 1. The Kier molecular flexibility index (Phi) is 7.61. The van der Waals surface area contributed by atoms with E-state index in [1.54, 1.807) is 43.6 Å². The summed E-state index contributed by atoms with van der Waals surface area (Å²) in [4.78, 5) is 30.3. The molecule has 8 nitrogen and oxygen atoms in total. The van der Waals surface area contributed by atoms with Gasteiger partial charge in [-0.15, -0.1) is 0 Å². The molecular weight excluding hydrogens is 549 g/mol. The first kappa shape index (κ1) is 27.7. The predicted molar refractivity (Wildman–Crippen MR) is 161 cm³/mol. The van der Waals surface area contributed by atoms with Crippen molar-refractivity contribution in [3.05, 3.63) is 115 Å². The van der Waals surface area contributed by atoms with E-state index in [1.807, 2.05) is 42.5 Å². The van der Waals surface area contributed by atoms with Gasteiger partial charge in [-0.1, -0.05) is 30.3 Å². The average molecular weight is 578 g/mol. The second-order valence-corrected chi connectivity index (χ2v) is 10.2. The Hall–Kier alpha value is -5.44. The van der Waals surface area contributed by atoms with E-state index >= 15 is 0 Å². The number of anilines is 2. The normalized spacial score (nSPS) is 13.2. The summed E-state index contributed by atoms with van der Waals surface area (Å²) in [6, 6.07) is 27.6. The molecule has 0 radical (unpaired) electrons. The van der Waals surface area contributed by atoms with Crippen LogP contribution in [0.25, 0.3) is 10.9 Å². The molecule has 1 saturated carbocycles. The summed E-state index contributed by atoms with van der Waals surface area (Å²) in [5.74, 6) is 1.04. The van der Waals surface area contributed by atoms with E-state index in [0.29, 0.717) is 59.3 Å². The fraction of sp³-hybridized carbons (Fsp3) is 0.147. The van der Waals surface area contributed by atoms with Gasteiger partial charge in [-0.25, -0.2) is 4.39 Å². The quantitative estimate of drug-likeness (QED) is 0.172. The molecule has 6 rings (SSSR count). The second kappa shape index (κ2) is 11.8. The number of hydrogen-bond donors (Lipinski definition) is 2. The van der Waals surface area contributed by atoms with E-state index in [-0.39, 0.29) is 0 Å². The minimum absolute atomic E-state index is 0.390. The molecule has 9 heteroatoms. The number of carbonyl (C=O) groups is 2. The maximum atomic E-state index is 13.2. The highest BCUT2D eigenvalue weighted by Crippen LogP contribution is 2.47. The molecular formula is C34H28FN3O5. The molecule has 0 unspecified atom stereocenters. The number of nitrogens with one attached hydrogen (secondary N) is 2. The molecule has 4 aromatic carbocycles. The summed E-state index contributed by atoms with van der Waals surface area (Å²) in [7, 11) is 1.58. The van der Waals surface area contributed by atoms with Gasteiger partial charge in [0, 0.05) is 29.0 Å². The monoisotopic (exact) mass is 577 g/mol. The van der Waals surface area contributed by atoms with Gasteiger partial charge >= 0.3 is 0 Å². The predicted octanol–water partition coefficient (Wildman–Crippen LogP) is 7.11. The van der Waals surface area contributed by atoms with Gasteiger partial charge in [0.2, 0.25) is 11.8 Å². The van der Waals surface area contributed by atoms with Crippen LogP contribution in [0.5, 0.6) is 23.0 Å². The number of fused-ring (bicyclic) bond motifs is 1. The first-order valence-electron chi connectivity index (χ1n) is 13.7. The Morgan fingerprint density at radius 3 is 2.09 bits per heavy atom. The smallest absolute Gasteiger partial charge is 0.240 e. The molecule has 216 valence electrons. The fourth-order valence-corrected chi connectivity index (χ4v) is 4.68. The van der Waals surface area contributed by atoms with Crippen molar-refractivity contribution in [1.29, 1.82) is 0 Å². The number of methoxy groups -OCH3 is 1. The summed E-state index contributed by atoms with van der Waals surface area (Å²) in [5.41, 5.74) is 1.53. The second-order valence-electron chi connectivity index (χ2n) is 10.2. The van der Waals surface area contributed by atoms with Gasteiger partial charge in [-0.05, 0) is 79.1 Å². The number of aromatic nitrogens is 1. The zero-order valence-electron chi connectivity index (χ0n) is 23.3. The van der Waals surface area contributed by atoms with E-state index in [0.717, 1.165) is 10.9 Å². The summed E-state index contributed by atoms with van der Waals surface area (Å²) in [6.45, 7) is 0.391. The third kappa shape index (κ3) is 6.11. The number of benzene rings is 4. The van der Waals surface area contributed by atoms with Crippen molar-refractivity contribution in [3.8, 4) is 23.0 Å². The van der Waals surface area contributed by atoms with Crippen LogP contribution in [0.1, 0.15) is 18.4 Å². The van der Waals surface area contributed by atoms with Crippen LogP contribution in [0.4, 0.5) is 15.8 Å². The Labute approximate surface area is 247 Å². The van der Waals surface area contributed by atoms with Gasteiger partial charge < -0.3 is 24.8 Å². The van der Waals surface area contributed by atoms with Crippen LogP contribution in [0.15, 0.2) is 103 Å². The topological polar surface area (TPSA) is 98.8 Å². The maximum Gasteiger partial charge on any atom is 0.240 e. The van der Waals surface area contributed by atoms with Crippen molar-refractivity contribution < 1.29 is 28.2 Å². The lowest BCUT2D eigenvalue weighted by molar-refractivity contribution is -0.131. The maximum absolute atomic E-state index is 13.2. The molecule has 0 spiro atoms. The number of pyridine rings is 1. The van der Waals surface area contributed by atoms with Gasteiger partial charge in [-0.3, -0.25) is 14.6 Å². The zero-order valence-corrected chi connectivity index (χ0v) is 23.3. The number of nitrogens with zero attached hydrogens (tertiary/aromatic N) is 1. The lowest BCUT2D eigenvalue weighted by atomic mass is 10.0. The molecule has 1 aromatic heterocycles. The Morgan fingerprint density at radius 1 is 0.814 bits per heavy atom. The van der Waals surface area contributed by atoms with E-state index in [2.05, 4.69) is 15.6 Å². The van der Waals surface area contributed by atoms with Crippen LogP contribution in [0.3, 0.4) is 0 Å². The van der Waals surface area contributed by atoms with Gasteiger partial charge in [0.1, 0.15) is 29.3 Å². The van der Waals surface area contributed by atoms with Crippen molar-refractivity contribution in [1.82, 2.24) is 4.98 Å². The number of carbonyl (C=O) groups excluding carboxylic acids is 2. The Morgan fingerprint density at radius 2 is 1.47 bits per heavy atom. The van der Waals surface area contributed by atoms with E-state index in [4.69, 9.17) is 14.2 Å². The first-order chi connectivity index (χ1) is 20.9. The molecule has 0 atom stereocenters. The molecule has 1 aliphatic carbocycles. The molecule has 5 aromatic rings. The number of hydrogen-bond acceptors (Lipinski definition) is 6. The minimum Gasteiger partial charge on any atom is -0.493 e. The van der Waals surface area contributed by atoms with Crippen LogP contribution in [0, 0.1) is 11.2 Å². The van der Waals surface area contributed by atoms with Gasteiger partial charge in [0.15, 0.2) is 11.5 Å². The van der Waals surface area contributed by atoms with Crippen molar-refractivity contribution >= 4 is 34.1 Å². The van der Waals surface area contributed by atoms with Gasteiger partial charge in [-0.2, -0.15) is 0 Å². The Balaban J connectivity index is 1.12. The molecule has 0 aliphatic heterocycles. The fourth-order valence-electron chi connectivity index (χ4n) is 4.68. The summed E-state index contributed by atoms with van der Waals surface area (Å²) in [6.07, 6.45) is 2.53. The van der Waals surface area contributed by atoms with Gasteiger partial charge in [0.05, 0.1) is 12.6 Å². The van der Waals surface area contributed by atoms with Gasteiger partial charge in [0.25, 0.3) is 0 Å². The number of amides is 2. The lowest BCUT2D eigenvalue weighted by Crippen LogP contribution is -2.35.